The van der Waals surface area contributed by atoms with E-state index in [4.69, 9.17) is 0 Å². The van der Waals surface area contributed by atoms with Crippen LogP contribution in [0, 0.1) is 5.41 Å². The number of aliphatic hydroxyl groups excluding tert-OH is 2. The van der Waals surface area contributed by atoms with E-state index in [2.05, 4.69) is 36.5 Å². The fourth-order valence-electron chi connectivity index (χ4n) is 1.82. The molecule has 0 radical (unpaired) electrons. The maximum absolute atomic E-state index is 9.17. The smallest absolute Gasteiger partial charge is 0.0518 e. The number of hydrogen-bond donors (Lipinski definition) is 3. The predicted octanol–water partition coefficient (Wildman–Crippen LogP) is 1.76. The Morgan fingerprint density at radius 3 is 2.33 bits per heavy atom. The van der Waals surface area contributed by atoms with Crippen LogP contribution in [0.25, 0.3) is 0 Å². The third-order valence-corrected chi connectivity index (χ3v) is 3.44. The van der Waals surface area contributed by atoms with Crippen LogP contribution < -0.4 is 5.32 Å². The average molecular weight is 251 g/mol. The van der Waals surface area contributed by atoms with E-state index in [1.807, 2.05) is 13.0 Å². The Labute approximate surface area is 110 Å². The van der Waals surface area contributed by atoms with E-state index in [-0.39, 0.29) is 13.2 Å². The molecule has 0 fully saturated rings. The van der Waals surface area contributed by atoms with Gasteiger partial charge in [-0.1, -0.05) is 44.2 Å². The zero-order chi connectivity index (χ0) is 13.4. The largest absolute Gasteiger partial charge is 0.396 e. The number of benzene rings is 1. The first-order valence-corrected chi connectivity index (χ1v) is 6.59. The molecule has 0 aromatic heterocycles. The highest BCUT2D eigenvalue weighted by atomic mass is 16.3. The number of aliphatic hydroxyl groups is 2. The molecular formula is C15H25NO2. The maximum Gasteiger partial charge on any atom is 0.0518 e. The van der Waals surface area contributed by atoms with Crippen molar-refractivity contribution < 1.29 is 10.2 Å². The molecule has 0 bridgehead atoms. The lowest BCUT2D eigenvalue weighted by atomic mass is 9.92. The molecule has 0 saturated heterocycles. The molecule has 0 aliphatic heterocycles. The van der Waals surface area contributed by atoms with Gasteiger partial charge in [-0.15, -0.1) is 0 Å². The maximum atomic E-state index is 9.17. The highest BCUT2D eigenvalue weighted by Gasteiger charge is 2.21. The third kappa shape index (κ3) is 4.77. The molecular weight excluding hydrogens is 226 g/mol. The Morgan fingerprint density at radius 2 is 1.78 bits per heavy atom. The topological polar surface area (TPSA) is 52.5 Å². The van der Waals surface area contributed by atoms with Gasteiger partial charge in [0.15, 0.2) is 0 Å². The minimum Gasteiger partial charge on any atom is -0.396 e. The minimum absolute atomic E-state index is 0.00470. The van der Waals surface area contributed by atoms with Crippen LogP contribution in [0.1, 0.15) is 31.7 Å². The second kappa shape index (κ2) is 7.52. The van der Waals surface area contributed by atoms with Crippen LogP contribution in [0.4, 0.5) is 0 Å². The summed E-state index contributed by atoms with van der Waals surface area (Å²) in [4.78, 5) is 0. The van der Waals surface area contributed by atoms with E-state index in [0.717, 1.165) is 13.0 Å². The Balaban J connectivity index is 2.26. The van der Waals surface area contributed by atoms with Crippen molar-refractivity contribution >= 4 is 0 Å². The van der Waals surface area contributed by atoms with Gasteiger partial charge >= 0.3 is 0 Å². The molecule has 0 heterocycles. The molecule has 0 saturated carbocycles. The first-order valence-electron chi connectivity index (χ1n) is 6.59. The normalized spacial score (nSPS) is 13.6. The summed E-state index contributed by atoms with van der Waals surface area (Å²) in [5, 5.41) is 21.7. The zero-order valence-corrected chi connectivity index (χ0v) is 11.4. The number of rotatable bonds is 8. The lowest BCUT2D eigenvalue weighted by Gasteiger charge is -2.25. The molecule has 0 spiro atoms. The van der Waals surface area contributed by atoms with Crippen molar-refractivity contribution in [1.29, 1.82) is 0 Å². The molecule has 3 heteroatoms. The molecule has 1 aromatic rings. The SMILES string of the molecule is CC(CCNCC(C)(CO)CO)c1ccccc1. The molecule has 102 valence electrons. The van der Waals surface area contributed by atoms with Crippen molar-refractivity contribution in [2.75, 3.05) is 26.3 Å². The molecule has 0 amide bonds. The van der Waals surface area contributed by atoms with Gasteiger partial charge in [0.1, 0.15) is 0 Å². The highest BCUT2D eigenvalue weighted by molar-refractivity contribution is 5.18. The molecule has 0 aliphatic rings. The van der Waals surface area contributed by atoms with E-state index in [1.165, 1.54) is 5.56 Å². The Bertz CT molecular complexity index is 323. The summed E-state index contributed by atoms with van der Waals surface area (Å²) >= 11 is 0. The summed E-state index contributed by atoms with van der Waals surface area (Å²) < 4.78 is 0. The van der Waals surface area contributed by atoms with E-state index in [9.17, 15) is 10.2 Å². The molecule has 1 atom stereocenters. The quantitative estimate of drug-likeness (QED) is 0.617. The molecule has 0 aliphatic carbocycles. The van der Waals surface area contributed by atoms with Crippen LogP contribution in [-0.4, -0.2) is 36.5 Å². The van der Waals surface area contributed by atoms with E-state index >= 15 is 0 Å². The summed E-state index contributed by atoms with van der Waals surface area (Å²) in [6.45, 7) is 5.64. The lowest BCUT2D eigenvalue weighted by Crippen LogP contribution is -2.38. The van der Waals surface area contributed by atoms with Crippen LogP contribution in [0.5, 0.6) is 0 Å². The first kappa shape index (κ1) is 15.2. The number of hydrogen-bond acceptors (Lipinski definition) is 3. The summed E-state index contributed by atoms with van der Waals surface area (Å²) in [7, 11) is 0. The molecule has 3 N–H and O–H groups in total. The third-order valence-electron chi connectivity index (χ3n) is 3.44. The van der Waals surface area contributed by atoms with Crippen LogP contribution in [-0.2, 0) is 0 Å². The van der Waals surface area contributed by atoms with Gasteiger partial charge < -0.3 is 15.5 Å². The highest BCUT2D eigenvalue weighted by Crippen LogP contribution is 2.18. The summed E-state index contributed by atoms with van der Waals surface area (Å²) in [6, 6.07) is 10.5. The lowest BCUT2D eigenvalue weighted by molar-refractivity contribution is 0.0698. The molecule has 1 unspecified atom stereocenters. The van der Waals surface area contributed by atoms with Gasteiger partial charge in [0.05, 0.1) is 13.2 Å². The van der Waals surface area contributed by atoms with Gasteiger partial charge in [0.25, 0.3) is 0 Å². The summed E-state index contributed by atoms with van der Waals surface area (Å²) in [5.74, 6) is 0.521. The standard InChI is InChI=1S/C15H25NO2/c1-13(14-6-4-3-5-7-14)8-9-16-10-15(2,11-17)12-18/h3-7,13,16-18H,8-12H2,1-2H3. The average Bonchev–Trinajstić information content (AvgIpc) is 2.44. The van der Waals surface area contributed by atoms with Crippen LogP contribution in [0.3, 0.4) is 0 Å². The van der Waals surface area contributed by atoms with Crippen LogP contribution >= 0.6 is 0 Å². The summed E-state index contributed by atoms with van der Waals surface area (Å²) in [5.41, 5.74) is 0.932. The number of nitrogens with one attached hydrogen (secondary N) is 1. The predicted molar refractivity (Wildman–Crippen MR) is 74.6 cm³/mol. The minimum atomic E-state index is -0.421. The van der Waals surface area contributed by atoms with Crippen LogP contribution in [0.15, 0.2) is 30.3 Å². The van der Waals surface area contributed by atoms with E-state index < -0.39 is 5.41 Å². The Kier molecular flexibility index (Phi) is 6.33. The Hall–Kier alpha value is -0.900. The van der Waals surface area contributed by atoms with Gasteiger partial charge in [-0.2, -0.15) is 0 Å². The van der Waals surface area contributed by atoms with E-state index in [0.29, 0.717) is 12.5 Å². The van der Waals surface area contributed by atoms with E-state index in [1.54, 1.807) is 0 Å². The molecule has 1 aromatic carbocycles. The van der Waals surface area contributed by atoms with Crippen LogP contribution in [0.2, 0.25) is 0 Å². The van der Waals surface area contributed by atoms with Gasteiger partial charge in [0.2, 0.25) is 0 Å². The van der Waals surface area contributed by atoms with Crippen molar-refractivity contribution in [3.63, 3.8) is 0 Å². The van der Waals surface area contributed by atoms with Gasteiger partial charge in [0, 0.05) is 12.0 Å². The second-order valence-electron chi connectivity index (χ2n) is 5.40. The van der Waals surface area contributed by atoms with Crippen molar-refractivity contribution in [1.82, 2.24) is 5.32 Å². The van der Waals surface area contributed by atoms with Crippen molar-refractivity contribution in [2.24, 2.45) is 5.41 Å². The molecule has 3 nitrogen and oxygen atoms in total. The molecule has 18 heavy (non-hydrogen) atoms. The first-order chi connectivity index (χ1) is 8.61. The summed E-state index contributed by atoms with van der Waals surface area (Å²) in [6.07, 6.45) is 1.05. The van der Waals surface area contributed by atoms with Gasteiger partial charge in [-0.25, -0.2) is 0 Å². The second-order valence-corrected chi connectivity index (χ2v) is 5.40. The van der Waals surface area contributed by atoms with Gasteiger partial charge in [-0.3, -0.25) is 0 Å². The fraction of sp³-hybridized carbons (Fsp3) is 0.600. The van der Waals surface area contributed by atoms with Crippen molar-refractivity contribution in [2.45, 2.75) is 26.2 Å². The van der Waals surface area contributed by atoms with Gasteiger partial charge in [-0.05, 0) is 24.4 Å². The Morgan fingerprint density at radius 1 is 1.17 bits per heavy atom. The van der Waals surface area contributed by atoms with Crippen molar-refractivity contribution in [3.05, 3.63) is 35.9 Å². The van der Waals surface area contributed by atoms with Crippen molar-refractivity contribution in [3.8, 4) is 0 Å². The molecule has 1 rings (SSSR count). The monoisotopic (exact) mass is 251 g/mol. The fourth-order valence-corrected chi connectivity index (χ4v) is 1.82. The zero-order valence-electron chi connectivity index (χ0n) is 11.4.